The molecule has 0 bridgehead atoms. The van der Waals surface area contributed by atoms with Gasteiger partial charge < -0.3 is 10.5 Å². The molecule has 1 aromatic rings. The number of hydrogen-bond donors (Lipinski definition) is 3. The molecule has 0 saturated heterocycles. The first kappa shape index (κ1) is 11.8. The minimum atomic E-state index is -0.435. The largest absolute Gasteiger partial charge is 0.497 e. The van der Waals surface area contributed by atoms with E-state index in [2.05, 4.69) is 5.32 Å². The van der Waals surface area contributed by atoms with Gasteiger partial charge in [0.05, 0.1) is 7.11 Å². The Labute approximate surface area is 93.4 Å². The second kappa shape index (κ2) is 5.55. The van der Waals surface area contributed by atoms with E-state index in [1.54, 1.807) is 19.3 Å². The van der Waals surface area contributed by atoms with Gasteiger partial charge in [0.15, 0.2) is 5.96 Å². The Morgan fingerprint density at radius 1 is 1.56 bits per heavy atom. The van der Waals surface area contributed by atoms with Crippen LogP contribution in [-0.2, 0) is 4.79 Å². The molecule has 1 amide bonds. The molecule has 0 spiro atoms. The van der Waals surface area contributed by atoms with Gasteiger partial charge in [0, 0.05) is 6.08 Å². The zero-order valence-corrected chi connectivity index (χ0v) is 8.86. The first-order valence-electron chi connectivity index (χ1n) is 4.59. The highest BCUT2D eigenvalue weighted by Gasteiger charge is 1.96. The first-order valence-corrected chi connectivity index (χ1v) is 4.59. The summed E-state index contributed by atoms with van der Waals surface area (Å²) in [6, 6.07) is 7.26. The molecule has 0 heterocycles. The number of hydrogen-bond acceptors (Lipinski definition) is 3. The lowest BCUT2D eigenvalue weighted by Gasteiger charge is -2.00. The van der Waals surface area contributed by atoms with Gasteiger partial charge in [-0.1, -0.05) is 12.1 Å². The molecule has 16 heavy (non-hydrogen) atoms. The Kier molecular flexibility index (Phi) is 4.08. The second-order valence-corrected chi connectivity index (χ2v) is 3.01. The zero-order chi connectivity index (χ0) is 12.0. The van der Waals surface area contributed by atoms with Gasteiger partial charge in [-0.3, -0.25) is 15.5 Å². The van der Waals surface area contributed by atoms with Gasteiger partial charge in [0.2, 0.25) is 0 Å². The number of benzene rings is 1. The molecule has 1 rings (SSSR count). The summed E-state index contributed by atoms with van der Waals surface area (Å²) in [4.78, 5) is 11.1. The molecule has 0 fully saturated rings. The minimum Gasteiger partial charge on any atom is -0.497 e. The Morgan fingerprint density at radius 3 is 2.94 bits per heavy atom. The van der Waals surface area contributed by atoms with Crippen molar-refractivity contribution in [3.63, 3.8) is 0 Å². The third-order valence-corrected chi connectivity index (χ3v) is 1.78. The van der Waals surface area contributed by atoms with Crippen molar-refractivity contribution >= 4 is 17.9 Å². The third-order valence-electron chi connectivity index (χ3n) is 1.78. The highest BCUT2D eigenvalue weighted by Crippen LogP contribution is 2.13. The molecule has 0 radical (unpaired) electrons. The van der Waals surface area contributed by atoms with E-state index >= 15 is 0 Å². The lowest BCUT2D eigenvalue weighted by Crippen LogP contribution is -2.34. The first-order chi connectivity index (χ1) is 7.61. The van der Waals surface area contributed by atoms with Gasteiger partial charge in [0.1, 0.15) is 5.75 Å². The summed E-state index contributed by atoms with van der Waals surface area (Å²) in [5, 5.41) is 9.01. The highest BCUT2D eigenvalue weighted by atomic mass is 16.5. The van der Waals surface area contributed by atoms with Crippen molar-refractivity contribution in [2.45, 2.75) is 0 Å². The Hall–Kier alpha value is -2.30. The number of ether oxygens (including phenoxy) is 1. The lowest BCUT2D eigenvalue weighted by molar-refractivity contribution is -0.115. The standard InChI is InChI=1S/C11H13N3O2/c1-16-9-4-2-3-8(7-9)5-6-10(15)14-11(12)13/h2-7H,1H3,(H4,12,13,14,15). The van der Waals surface area contributed by atoms with Crippen LogP contribution in [-0.4, -0.2) is 19.0 Å². The molecule has 0 aliphatic rings. The van der Waals surface area contributed by atoms with Gasteiger partial charge in [-0.15, -0.1) is 0 Å². The maximum absolute atomic E-state index is 11.1. The van der Waals surface area contributed by atoms with E-state index in [9.17, 15) is 4.79 Å². The quantitative estimate of drug-likeness (QED) is 0.397. The molecular formula is C11H13N3O2. The summed E-state index contributed by atoms with van der Waals surface area (Å²) in [5.74, 6) is -0.0928. The van der Waals surface area contributed by atoms with E-state index in [-0.39, 0.29) is 5.96 Å². The fourth-order valence-corrected chi connectivity index (χ4v) is 1.09. The summed E-state index contributed by atoms with van der Waals surface area (Å²) in [7, 11) is 1.57. The van der Waals surface area contributed by atoms with Crippen molar-refractivity contribution in [3.05, 3.63) is 35.9 Å². The number of guanidine groups is 1. The number of amides is 1. The average Bonchev–Trinajstić information content (AvgIpc) is 2.26. The molecule has 4 N–H and O–H groups in total. The molecule has 1 aromatic carbocycles. The lowest BCUT2D eigenvalue weighted by atomic mass is 10.2. The van der Waals surface area contributed by atoms with Crippen LogP contribution in [0, 0.1) is 5.41 Å². The average molecular weight is 219 g/mol. The van der Waals surface area contributed by atoms with Crippen LogP contribution in [0.15, 0.2) is 30.3 Å². The molecule has 84 valence electrons. The molecule has 0 atom stereocenters. The molecule has 0 aliphatic carbocycles. The summed E-state index contributed by atoms with van der Waals surface area (Å²) in [5.41, 5.74) is 5.84. The molecule has 0 unspecified atom stereocenters. The number of rotatable bonds is 3. The van der Waals surface area contributed by atoms with Crippen molar-refractivity contribution < 1.29 is 9.53 Å². The number of nitrogens with one attached hydrogen (secondary N) is 2. The predicted octanol–water partition coefficient (Wildman–Crippen LogP) is 0.718. The SMILES string of the molecule is COc1cccc(C=CC(=O)NC(=N)N)c1. The van der Waals surface area contributed by atoms with Crippen LogP contribution in [0.4, 0.5) is 0 Å². The van der Waals surface area contributed by atoms with Gasteiger partial charge in [0.25, 0.3) is 5.91 Å². The van der Waals surface area contributed by atoms with Crippen LogP contribution < -0.4 is 15.8 Å². The van der Waals surface area contributed by atoms with E-state index in [4.69, 9.17) is 15.9 Å². The smallest absolute Gasteiger partial charge is 0.250 e. The van der Waals surface area contributed by atoms with Crippen LogP contribution in [0.25, 0.3) is 6.08 Å². The Bertz CT molecular complexity index is 427. The normalized spacial score (nSPS) is 10.1. The topological polar surface area (TPSA) is 88.2 Å². The van der Waals surface area contributed by atoms with E-state index in [0.717, 1.165) is 5.56 Å². The molecule has 5 heteroatoms. The van der Waals surface area contributed by atoms with Crippen LogP contribution in [0.1, 0.15) is 5.56 Å². The van der Waals surface area contributed by atoms with Crippen molar-refractivity contribution in [3.8, 4) is 5.75 Å². The fraction of sp³-hybridized carbons (Fsp3) is 0.0909. The molecule has 5 nitrogen and oxygen atoms in total. The van der Waals surface area contributed by atoms with Gasteiger partial charge in [-0.2, -0.15) is 0 Å². The molecule has 0 aliphatic heterocycles. The van der Waals surface area contributed by atoms with Crippen LogP contribution in [0.5, 0.6) is 5.75 Å². The maximum atomic E-state index is 11.1. The van der Waals surface area contributed by atoms with E-state index < -0.39 is 5.91 Å². The highest BCUT2D eigenvalue weighted by molar-refractivity contribution is 6.02. The van der Waals surface area contributed by atoms with Crippen LogP contribution in [0.2, 0.25) is 0 Å². The zero-order valence-electron chi connectivity index (χ0n) is 8.86. The van der Waals surface area contributed by atoms with E-state index in [1.807, 2.05) is 18.2 Å². The number of nitrogens with two attached hydrogens (primary N) is 1. The van der Waals surface area contributed by atoms with Gasteiger partial charge in [-0.25, -0.2) is 0 Å². The van der Waals surface area contributed by atoms with Crippen molar-refractivity contribution in [1.82, 2.24) is 5.32 Å². The predicted molar refractivity (Wildman–Crippen MR) is 62.1 cm³/mol. The number of carbonyl (C=O) groups excluding carboxylic acids is 1. The summed E-state index contributed by atoms with van der Waals surface area (Å²) in [6.07, 6.45) is 2.91. The summed E-state index contributed by atoms with van der Waals surface area (Å²) in [6.45, 7) is 0. The van der Waals surface area contributed by atoms with E-state index in [1.165, 1.54) is 6.08 Å². The number of carbonyl (C=O) groups is 1. The molecule has 0 aromatic heterocycles. The van der Waals surface area contributed by atoms with Crippen LogP contribution >= 0.6 is 0 Å². The van der Waals surface area contributed by atoms with Gasteiger partial charge >= 0.3 is 0 Å². The molecule has 0 saturated carbocycles. The second-order valence-electron chi connectivity index (χ2n) is 3.01. The minimum absolute atomic E-state index is 0.375. The van der Waals surface area contributed by atoms with Crippen LogP contribution in [0.3, 0.4) is 0 Å². The third kappa shape index (κ3) is 3.83. The van der Waals surface area contributed by atoms with Crippen molar-refractivity contribution in [2.75, 3.05) is 7.11 Å². The maximum Gasteiger partial charge on any atom is 0.250 e. The van der Waals surface area contributed by atoms with E-state index in [0.29, 0.717) is 5.75 Å². The summed E-state index contributed by atoms with van der Waals surface area (Å²) >= 11 is 0. The Morgan fingerprint density at radius 2 is 2.31 bits per heavy atom. The van der Waals surface area contributed by atoms with Crippen molar-refractivity contribution in [1.29, 1.82) is 5.41 Å². The summed E-state index contributed by atoms with van der Waals surface area (Å²) < 4.78 is 5.04. The van der Waals surface area contributed by atoms with Gasteiger partial charge in [-0.05, 0) is 23.8 Å². The number of methoxy groups -OCH3 is 1. The fourth-order valence-electron chi connectivity index (χ4n) is 1.09. The monoisotopic (exact) mass is 219 g/mol. The Balaban J connectivity index is 2.68. The molecular weight excluding hydrogens is 206 g/mol. The van der Waals surface area contributed by atoms with Crippen molar-refractivity contribution in [2.24, 2.45) is 5.73 Å².